The molecule has 6 aromatic carbocycles. The van der Waals surface area contributed by atoms with Crippen molar-refractivity contribution in [2.45, 2.75) is 13.1 Å². The van der Waals surface area contributed by atoms with Crippen molar-refractivity contribution < 1.29 is 0 Å². The number of hydrogen-bond donors (Lipinski definition) is 0. The van der Waals surface area contributed by atoms with Crippen molar-refractivity contribution in [1.29, 1.82) is 0 Å². The van der Waals surface area contributed by atoms with E-state index in [9.17, 15) is 0 Å². The zero-order chi connectivity index (χ0) is 26.9. The molecule has 0 aliphatic rings. The molecule has 2 nitrogen and oxygen atoms in total. The normalized spacial score (nSPS) is 11.3. The molecule has 1 heterocycles. The Bertz CT molecular complexity index is 1870. The van der Waals surface area contributed by atoms with Crippen LogP contribution in [-0.2, 0) is 13.1 Å². The largest absolute Gasteiger partial charge is 0.312 e. The first kappa shape index (κ1) is 24.3. The summed E-state index contributed by atoms with van der Waals surface area (Å²) in [5, 5.41) is 4.98. The van der Waals surface area contributed by atoms with Gasteiger partial charge in [0.05, 0.1) is 24.5 Å². The molecule has 192 valence electrons. The number of nitrogens with zero attached hydrogens (tertiary/aromatic N) is 2. The van der Waals surface area contributed by atoms with Crippen molar-refractivity contribution in [1.82, 2.24) is 9.13 Å². The fourth-order valence-electron chi connectivity index (χ4n) is 5.70. The molecule has 40 heavy (non-hydrogen) atoms. The lowest BCUT2D eigenvalue weighted by atomic mass is 10.0. The third kappa shape index (κ3) is 4.55. The first-order chi connectivity index (χ1) is 19.7. The second kappa shape index (κ2) is 10.4. The van der Waals surface area contributed by atoms with E-state index in [4.69, 9.17) is 12.2 Å². The summed E-state index contributed by atoms with van der Waals surface area (Å²) in [4.78, 5) is 0. The second-order valence-corrected chi connectivity index (χ2v) is 10.6. The van der Waals surface area contributed by atoms with Gasteiger partial charge in [-0.15, -0.1) is 0 Å². The molecular formula is C37H28N2S. The minimum atomic E-state index is 0.693. The van der Waals surface area contributed by atoms with Crippen LogP contribution in [0.5, 0.6) is 0 Å². The van der Waals surface area contributed by atoms with Crippen LogP contribution in [0.1, 0.15) is 11.1 Å². The predicted octanol–water partition coefficient (Wildman–Crippen LogP) is 9.76. The maximum absolute atomic E-state index is 6.32. The van der Waals surface area contributed by atoms with Crippen molar-refractivity contribution in [3.05, 3.63) is 161 Å². The smallest absolute Gasteiger partial charge is 0.181 e. The van der Waals surface area contributed by atoms with Gasteiger partial charge in [0, 0.05) is 11.1 Å². The molecule has 0 atom stereocenters. The van der Waals surface area contributed by atoms with Gasteiger partial charge in [-0.1, -0.05) is 133 Å². The van der Waals surface area contributed by atoms with Gasteiger partial charge in [0.15, 0.2) is 4.77 Å². The highest BCUT2D eigenvalue weighted by atomic mass is 32.1. The van der Waals surface area contributed by atoms with Crippen LogP contribution in [0.2, 0.25) is 0 Å². The molecule has 7 aromatic rings. The van der Waals surface area contributed by atoms with E-state index in [-0.39, 0.29) is 0 Å². The number of aromatic nitrogens is 2. The third-order valence-corrected chi connectivity index (χ3v) is 8.07. The van der Waals surface area contributed by atoms with Crippen LogP contribution in [0.25, 0.3) is 44.1 Å². The lowest BCUT2D eigenvalue weighted by Crippen LogP contribution is -2.05. The molecule has 0 aliphatic heterocycles. The highest BCUT2D eigenvalue weighted by molar-refractivity contribution is 7.71. The molecule has 0 N–H and O–H groups in total. The van der Waals surface area contributed by atoms with E-state index in [1.54, 1.807) is 0 Å². The minimum absolute atomic E-state index is 0.693. The molecule has 1 aromatic heterocycles. The second-order valence-electron chi connectivity index (χ2n) is 10.2. The summed E-state index contributed by atoms with van der Waals surface area (Å²) in [6, 6.07) is 51.8. The Morgan fingerprint density at radius 3 is 1.20 bits per heavy atom. The fourth-order valence-corrected chi connectivity index (χ4v) is 6.01. The lowest BCUT2D eigenvalue weighted by molar-refractivity contribution is 0.719. The van der Waals surface area contributed by atoms with Gasteiger partial charge < -0.3 is 9.13 Å². The molecule has 0 fully saturated rings. The molecule has 0 bridgehead atoms. The molecule has 3 heteroatoms. The van der Waals surface area contributed by atoms with Crippen LogP contribution in [0.4, 0.5) is 0 Å². The first-order valence-electron chi connectivity index (χ1n) is 13.6. The summed E-state index contributed by atoms with van der Waals surface area (Å²) >= 11 is 6.32. The maximum Gasteiger partial charge on any atom is 0.181 e. The number of imidazole rings is 1. The van der Waals surface area contributed by atoms with E-state index in [1.807, 2.05) is 0 Å². The van der Waals surface area contributed by atoms with Crippen molar-refractivity contribution in [2.24, 2.45) is 0 Å². The zero-order valence-corrected chi connectivity index (χ0v) is 22.9. The molecule has 0 spiro atoms. The Labute approximate surface area is 239 Å². The van der Waals surface area contributed by atoms with Crippen LogP contribution < -0.4 is 0 Å². The van der Waals surface area contributed by atoms with E-state index in [0.29, 0.717) is 13.1 Å². The fraction of sp³-hybridized carbons (Fsp3) is 0.0541. The van der Waals surface area contributed by atoms with E-state index >= 15 is 0 Å². The quantitative estimate of drug-likeness (QED) is 0.194. The van der Waals surface area contributed by atoms with Gasteiger partial charge in [-0.3, -0.25) is 0 Å². The van der Waals surface area contributed by atoms with E-state index < -0.39 is 0 Å². The monoisotopic (exact) mass is 532 g/mol. The van der Waals surface area contributed by atoms with Gasteiger partial charge in [0.25, 0.3) is 0 Å². The summed E-state index contributed by atoms with van der Waals surface area (Å²) in [7, 11) is 0. The number of rotatable bonds is 6. The van der Waals surface area contributed by atoms with Gasteiger partial charge >= 0.3 is 0 Å². The van der Waals surface area contributed by atoms with Crippen molar-refractivity contribution in [3.8, 4) is 22.5 Å². The molecule has 0 saturated carbocycles. The van der Waals surface area contributed by atoms with Gasteiger partial charge in [-0.25, -0.2) is 0 Å². The summed E-state index contributed by atoms with van der Waals surface area (Å²) in [6.07, 6.45) is 0. The number of fused-ring (bicyclic) bond motifs is 2. The van der Waals surface area contributed by atoms with Crippen LogP contribution >= 0.6 is 12.2 Å². The SMILES string of the molecule is S=c1n(Cc2ccc3ccccc3c2)c(-c2ccccc2)c(-c2ccccc2)n1Cc1ccc2ccccc2c1. The van der Waals surface area contributed by atoms with E-state index in [2.05, 4.69) is 155 Å². The maximum atomic E-state index is 6.32. The highest BCUT2D eigenvalue weighted by Crippen LogP contribution is 2.36. The Balaban J connectivity index is 1.45. The Kier molecular flexibility index (Phi) is 6.35. The summed E-state index contributed by atoms with van der Waals surface area (Å²) in [5.74, 6) is 0. The Morgan fingerprint density at radius 1 is 0.400 bits per heavy atom. The molecule has 0 aliphatic carbocycles. The number of hydrogen-bond acceptors (Lipinski definition) is 1. The van der Waals surface area contributed by atoms with Crippen LogP contribution in [0.3, 0.4) is 0 Å². The topological polar surface area (TPSA) is 9.86 Å². The molecule has 0 radical (unpaired) electrons. The van der Waals surface area contributed by atoms with Gasteiger partial charge in [0.1, 0.15) is 0 Å². The van der Waals surface area contributed by atoms with E-state index in [0.717, 1.165) is 27.3 Å². The van der Waals surface area contributed by atoms with Crippen molar-refractivity contribution in [2.75, 3.05) is 0 Å². The average molecular weight is 533 g/mol. The van der Waals surface area contributed by atoms with Gasteiger partial charge in [0.2, 0.25) is 0 Å². The predicted molar refractivity (Wildman–Crippen MR) is 170 cm³/mol. The third-order valence-electron chi connectivity index (χ3n) is 7.63. The molecule has 0 saturated heterocycles. The standard InChI is InChI=1S/C37H28N2S/c40-37-38(25-27-19-21-29-11-7-9-17-33(29)23-27)35(31-13-3-1-4-14-31)36(32-15-5-2-6-16-32)39(37)26-28-20-22-30-12-8-10-18-34(30)24-28/h1-24H,25-26H2. The van der Waals surface area contributed by atoms with Gasteiger partial charge in [-0.05, 0) is 57.0 Å². The Hall–Kier alpha value is -4.73. The van der Waals surface area contributed by atoms with E-state index in [1.165, 1.54) is 32.7 Å². The molecule has 0 unspecified atom stereocenters. The highest BCUT2D eigenvalue weighted by Gasteiger charge is 2.21. The summed E-state index contributed by atoms with van der Waals surface area (Å²) in [5.41, 5.74) is 7.07. The van der Waals surface area contributed by atoms with Gasteiger partial charge in [-0.2, -0.15) is 0 Å². The van der Waals surface area contributed by atoms with Crippen molar-refractivity contribution in [3.63, 3.8) is 0 Å². The van der Waals surface area contributed by atoms with Crippen LogP contribution in [0, 0.1) is 4.77 Å². The van der Waals surface area contributed by atoms with Crippen LogP contribution in [-0.4, -0.2) is 9.13 Å². The molecular weight excluding hydrogens is 504 g/mol. The Morgan fingerprint density at radius 2 is 0.775 bits per heavy atom. The first-order valence-corrected chi connectivity index (χ1v) is 14.0. The van der Waals surface area contributed by atoms with Crippen LogP contribution in [0.15, 0.2) is 146 Å². The summed E-state index contributed by atoms with van der Waals surface area (Å²) < 4.78 is 5.45. The lowest BCUT2D eigenvalue weighted by Gasteiger charge is -2.13. The minimum Gasteiger partial charge on any atom is -0.312 e. The average Bonchev–Trinajstić information content (AvgIpc) is 3.28. The number of benzene rings is 6. The zero-order valence-electron chi connectivity index (χ0n) is 22.1. The molecule has 7 rings (SSSR count). The summed E-state index contributed by atoms with van der Waals surface area (Å²) in [6.45, 7) is 1.39. The molecule has 0 amide bonds. The van der Waals surface area contributed by atoms with Crippen molar-refractivity contribution >= 4 is 33.8 Å².